The molecule has 76 valence electrons. The van der Waals surface area contributed by atoms with Crippen molar-refractivity contribution < 1.29 is 9.53 Å². The van der Waals surface area contributed by atoms with Crippen LogP contribution in [0.25, 0.3) is 0 Å². The van der Waals surface area contributed by atoms with Crippen LogP contribution in [0.15, 0.2) is 23.1 Å². The number of ether oxygens (including phenoxy) is 1. The van der Waals surface area contributed by atoms with Crippen molar-refractivity contribution in [3.8, 4) is 5.75 Å². The zero-order valence-corrected chi connectivity index (χ0v) is 9.26. The fourth-order valence-electron chi connectivity index (χ4n) is 1.13. The van der Waals surface area contributed by atoms with E-state index in [2.05, 4.69) is 0 Å². The number of aryl methyl sites for hydroxylation is 1. The maximum absolute atomic E-state index is 10.1. The summed E-state index contributed by atoms with van der Waals surface area (Å²) in [4.78, 5) is 11.4. The van der Waals surface area contributed by atoms with Crippen molar-refractivity contribution in [1.29, 1.82) is 0 Å². The number of methoxy groups -OCH3 is 1. The molecule has 1 aromatic rings. The van der Waals surface area contributed by atoms with Gasteiger partial charge >= 0.3 is 0 Å². The molecule has 14 heavy (non-hydrogen) atoms. The minimum Gasteiger partial charge on any atom is -0.497 e. The van der Waals surface area contributed by atoms with E-state index in [1.165, 1.54) is 10.5 Å². The van der Waals surface area contributed by atoms with Gasteiger partial charge < -0.3 is 9.53 Å². The van der Waals surface area contributed by atoms with Crippen molar-refractivity contribution >= 4 is 18.0 Å². The second kappa shape index (κ2) is 5.70. The van der Waals surface area contributed by atoms with Crippen LogP contribution in [0.4, 0.5) is 0 Å². The number of rotatable bonds is 5. The largest absolute Gasteiger partial charge is 0.497 e. The Morgan fingerprint density at radius 2 is 2.29 bits per heavy atom. The zero-order chi connectivity index (χ0) is 10.4. The van der Waals surface area contributed by atoms with Gasteiger partial charge in [-0.05, 0) is 30.7 Å². The average Bonchev–Trinajstić information content (AvgIpc) is 2.20. The third kappa shape index (κ3) is 3.07. The van der Waals surface area contributed by atoms with Crippen molar-refractivity contribution in [3.05, 3.63) is 23.8 Å². The summed E-state index contributed by atoms with van der Waals surface area (Å²) in [6, 6.07) is 5.98. The minimum atomic E-state index is 0.607. The van der Waals surface area contributed by atoms with Crippen LogP contribution in [0.3, 0.4) is 0 Å². The van der Waals surface area contributed by atoms with Gasteiger partial charge in [0.05, 0.1) is 7.11 Å². The van der Waals surface area contributed by atoms with Crippen molar-refractivity contribution in [1.82, 2.24) is 0 Å². The Bertz CT molecular complexity index is 310. The number of aldehydes is 1. The van der Waals surface area contributed by atoms with Crippen LogP contribution in [0.2, 0.25) is 0 Å². The maximum Gasteiger partial charge on any atom is 0.120 e. The van der Waals surface area contributed by atoms with Gasteiger partial charge in [-0.25, -0.2) is 0 Å². The fraction of sp³-hybridized carbons (Fsp3) is 0.364. The molecule has 0 amide bonds. The third-order valence-electron chi connectivity index (χ3n) is 1.88. The number of benzene rings is 1. The first-order chi connectivity index (χ1) is 6.77. The first kappa shape index (κ1) is 11.1. The topological polar surface area (TPSA) is 26.3 Å². The number of carbonyl (C=O) groups is 1. The van der Waals surface area contributed by atoms with Gasteiger partial charge in [0, 0.05) is 17.1 Å². The van der Waals surface area contributed by atoms with Gasteiger partial charge in [0.2, 0.25) is 0 Å². The molecule has 0 bridgehead atoms. The van der Waals surface area contributed by atoms with Crippen LogP contribution < -0.4 is 4.74 Å². The molecule has 0 heterocycles. The number of thioether (sulfide) groups is 1. The highest BCUT2D eigenvalue weighted by Crippen LogP contribution is 2.26. The molecule has 0 fully saturated rings. The van der Waals surface area contributed by atoms with Crippen LogP contribution in [0.1, 0.15) is 12.0 Å². The van der Waals surface area contributed by atoms with Crippen LogP contribution >= 0.6 is 11.8 Å². The third-order valence-corrected chi connectivity index (χ3v) is 3.08. The highest BCUT2D eigenvalue weighted by molar-refractivity contribution is 7.99. The van der Waals surface area contributed by atoms with Gasteiger partial charge in [0.1, 0.15) is 12.0 Å². The van der Waals surface area contributed by atoms with E-state index in [0.29, 0.717) is 6.42 Å². The Labute approximate surface area is 88.7 Å². The average molecular weight is 210 g/mol. The van der Waals surface area contributed by atoms with Crippen molar-refractivity contribution in [2.24, 2.45) is 0 Å². The molecule has 2 nitrogen and oxygen atoms in total. The van der Waals surface area contributed by atoms with Gasteiger partial charge in [-0.1, -0.05) is 0 Å². The molecule has 0 N–H and O–H groups in total. The van der Waals surface area contributed by atoms with E-state index in [4.69, 9.17) is 4.74 Å². The van der Waals surface area contributed by atoms with Crippen molar-refractivity contribution in [3.63, 3.8) is 0 Å². The van der Waals surface area contributed by atoms with E-state index in [0.717, 1.165) is 17.8 Å². The predicted octanol–water partition coefficient (Wildman–Crippen LogP) is 2.68. The summed E-state index contributed by atoms with van der Waals surface area (Å²) in [5.41, 5.74) is 1.19. The fourth-order valence-corrected chi connectivity index (χ4v) is 2.01. The van der Waals surface area contributed by atoms with Gasteiger partial charge in [-0.3, -0.25) is 0 Å². The summed E-state index contributed by atoms with van der Waals surface area (Å²) in [6.07, 6.45) is 1.56. The molecule has 0 unspecified atom stereocenters. The molecular formula is C11H14O2S. The van der Waals surface area contributed by atoms with Crippen molar-refractivity contribution in [2.45, 2.75) is 18.2 Å². The number of carbonyl (C=O) groups excluding carboxylic acids is 1. The van der Waals surface area contributed by atoms with Gasteiger partial charge in [-0.15, -0.1) is 11.8 Å². The molecule has 0 aliphatic heterocycles. The molecule has 0 atom stereocenters. The quantitative estimate of drug-likeness (QED) is 0.424. The SMILES string of the molecule is COc1ccc(SCCC=O)c(C)c1. The lowest BCUT2D eigenvalue weighted by Gasteiger charge is -2.06. The number of hydrogen-bond acceptors (Lipinski definition) is 3. The molecule has 0 aliphatic carbocycles. The molecule has 3 heteroatoms. The van der Waals surface area contributed by atoms with Crippen molar-refractivity contribution in [2.75, 3.05) is 12.9 Å². The Morgan fingerprint density at radius 1 is 1.50 bits per heavy atom. The molecule has 0 radical (unpaired) electrons. The second-order valence-electron chi connectivity index (χ2n) is 2.94. The molecular weight excluding hydrogens is 196 g/mol. The van der Waals surface area contributed by atoms with Gasteiger partial charge in [-0.2, -0.15) is 0 Å². The zero-order valence-electron chi connectivity index (χ0n) is 8.45. The Morgan fingerprint density at radius 3 is 2.86 bits per heavy atom. The summed E-state index contributed by atoms with van der Waals surface area (Å²) in [5, 5.41) is 0. The summed E-state index contributed by atoms with van der Waals surface area (Å²) >= 11 is 1.70. The molecule has 0 aromatic heterocycles. The minimum absolute atomic E-state index is 0.607. The van der Waals surface area contributed by atoms with E-state index in [-0.39, 0.29) is 0 Å². The maximum atomic E-state index is 10.1. The molecule has 0 spiro atoms. The number of hydrogen-bond donors (Lipinski definition) is 0. The Kier molecular flexibility index (Phi) is 4.53. The van der Waals surface area contributed by atoms with Crippen LogP contribution in [0, 0.1) is 6.92 Å². The lowest BCUT2D eigenvalue weighted by molar-refractivity contribution is -0.107. The molecule has 0 aliphatic rings. The molecule has 1 rings (SSSR count). The molecule has 1 aromatic carbocycles. The predicted molar refractivity (Wildman–Crippen MR) is 59.1 cm³/mol. The van der Waals surface area contributed by atoms with E-state index in [1.54, 1.807) is 18.9 Å². The monoisotopic (exact) mass is 210 g/mol. The summed E-state index contributed by atoms with van der Waals surface area (Å²) in [6.45, 7) is 2.05. The standard InChI is InChI=1S/C11H14O2S/c1-9-8-10(13-2)4-5-11(9)14-7-3-6-12/h4-6,8H,3,7H2,1-2H3. The van der Waals surface area contributed by atoms with E-state index >= 15 is 0 Å². The van der Waals surface area contributed by atoms with Crippen LogP contribution in [-0.2, 0) is 4.79 Å². The lowest BCUT2D eigenvalue weighted by atomic mass is 10.2. The van der Waals surface area contributed by atoms with Crippen LogP contribution in [0.5, 0.6) is 5.75 Å². The van der Waals surface area contributed by atoms with E-state index in [9.17, 15) is 4.79 Å². The first-order valence-corrected chi connectivity index (χ1v) is 5.47. The Balaban J connectivity index is 2.63. The molecule has 0 saturated heterocycles. The first-order valence-electron chi connectivity index (χ1n) is 4.49. The van der Waals surface area contributed by atoms with E-state index in [1.807, 2.05) is 25.1 Å². The molecule has 0 saturated carbocycles. The summed E-state index contributed by atoms with van der Waals surface area (Å²) in [7, 11) is 1.66. The van der Waals surface area contributed by atoms with Gasteiger partial charge in [0.25, 0.3) is 0 Å². The highest BCUT2D eigenvalue weighted by atomic mass is 32.2. The smallest absolute Gasteiger partial charge is 0.120 e. The second-order valence-corrected chi connectivity index (χ2v) is 4.07. The van der Waals surface area contributed by atoms with E-state index < -0.39 is 0 Å². The lowest BCUT2D eigenvalue weighted by Crippen LogP contribution is -1.87. The summed E-state index contributed by atoms with van der Waals surface area (Å²) < 4.78 is 5.11. The Hall–Kier alpha value is -0.960. The summed E-state index contributed by atoms with van der Waals surface area (Å²) in [5.74, 6) is 1.72. The van der Waals surface area contributed by atoms with Crippen LogP contribution in [-0.4, -0.2) is 19.1 Å². The van der Waals surface area contributed by atoms with Gasteiger partial charge in [0.15, 0.2) is 0 Å². The highest BCUT2D eigenvalue weighted by Gasteiger charge is 2.00. The normalized spacial score (nSPS) is 9.86.